The normalized spacial score (nSPS) is 14.4. The first kappa shape index (κ1) is 22.5. The van der Waals surface area contributed by atoms with E-state index < -0.39 is 5.54 Å². The molecule has 2 aromatic carbocycles. The van der Waals surface area contributed by atoms with Gasteiger partial charge in [-0.2, -0.15) is 5.10 Å². The zero-order valence-corrected chi connectivity index (χ0v) is 19.2. The van der Waals surface area contributed by atoms with Crippen LogP contribution in [0.1, 0.15) is 44.0 Å². The quantitative estimate of drug-likeness (QED) is 0.395. The molecule has 0 aliphatic carbocycles. The number of hydrogen-bond acceptors (Lipinski definition) is 4. The molecule has 0 saturated carbocycles. The van der Waals surface area contributed by atoms with Crippen molar-refractivity contribution in [3.63, 3.8) is 0 Å². The summed E-state index contributed by atoms with van der Waals surface area (Å²) in [6.07, 6.45) is 2.35. The molecule has 3 N–H and O–H groups in total. The third-order valence-electron chi connectivity index (χ3n) is 5.24. The molecule has 33 heavy (non-hydrogen) atoms. The van der Waals surface area contributed by atoms with E-state index in [1.165, 1.54) is 25.0 Å². The van der Waals surface area contributed by atoms with Crippen LogP contribution in [-0.2, 0) is 0 Å². The summed E-state index contributed by atoms with van der Waals surface area (Å²) < 4.78 is 13.2. The van der Waals surface area contributed by atoms with Crippen LogP contribution in [-0.4, -0.2) is 40.7 Å². The molecule has 1 amide bonds. The van der Waals surface area contributed by atoms with Crippen molar-refractivity contribution in [3.8, 4) is 11.3 Å². The molecule has 3 aromatic rings. The van der Waals surface area contributed by atoms with Gasteiger partial charge in [0, 0.05) is 30.4 Å². The first-order chi connectivity index (χ1) is 15.8. The van der Waals surface area contributed by atoms with E-state index in [0.29, 0.717) is 17.3 Å². The van der Waals surface area contributed by atoms with Crippen molar-refractivity contribution in [3.05, 3.63) is 66.0 Å². The Morgan fingerprint density at radius 2 is 1.82 bits per heavy atom. The number of aromatic amines is 1. The second-order valence-corrected chi connectivity index (χ2v) is 9.13. The number of nitrogens with zero attached hydrogens (tertiary/aromatic N) is 3. The van der Waals surface area contributed by atoms with Gasteiger partial charge in [0.05, 0.1) is 11.2 Å². The molecule has 4 rings (SSSR count). The third-order valence-corrected chi connectivity index (χ3v) is 5.24. The Bertz CT molecular complexity index is 1140. The van der Waals surface area contributed by atoms with E-state index in [4.69, 9.17) is 0 Å². The molecule has 0 bridgehead atoms. The van der Waals surface area contributed by atoms with E-state index in [1.54, 1.807) is 24.3 Å². The van der Waals surface area contributed by atoms with Gasteiger partial charge in [-0.1, -0.05) is 6.07 Å². The minimum absolute atomic E-state index is 0.249. The van der Waals surface area contributed by atoms with Gasteiger partial charge in [0.25, 0.3) is 5.91 Å². The Morgan fingerprint density at radius 3 is 2.52 bits per heavy atom. The lowest BCUT2D eigenvalue weighted by molar-refractivity contribution is 0.0977. The number of guanidine groups is 1. The summed E-state index contributed by atoms with van der Waals surface area (Å²) in [5, 5.41) is 13.2. The second-order valence-electron chi connectivity index (χ2n) is 9.13. The van der Waals surface area contributed by atoms with E-state index in [9.17, 15) is 9.18 Å². The fourth-order valence-electron chi connectivity index (χ4n) is 3.71. The molecule has 1 fully saturated rings. The lowest BCUT2D eigenvalue weighted by atomic mass is 10.1. The zero-order valence-electron chi connectivity index (χ0n) is 19.2. The van der Waals surface area contributed by atoms with Crippen molar-refractivity contribution >= 4 is 23.4 Å². The molecular formula is C25H29FN6O. The Labute approximate surface area is 193 Å². The number of carbonyl (C=O) groups is 1. The molecule has 1 aliphatic rings. The number of halogens is 1. The van der Waals surface area contributed by atoms with Crippen molar-refractivity contribution in [2.45, 2.75) is 39.2 Å². The number of benzene rings is 2. The molecule has 7 nitrogen and oxygen atoms in total. The van der Waals surface area contributed by atoms with Gasteiger partial charge in [0.1, 0.15) is 5.82 Å². The van der Waals surface area contributed by atoms with Gasteiger partial charge < -0.3 is 10.2 Å². The highest BCUT2D eigenvalue weighted by atomic mass is 19.1. The van der Waals surface area contributed by atoms with E-state index in [2.05, 4.69) is 30.7 Å². The van der Waals surface area contributed by atoms with Crippen molar-refractivity contribution in [2.24, 2.45) is 4.99 Å². The van der Waals surface area contributed by atoms with Crippen LogP contribution >= 0.6 is 0 Å². The minimum atomic E-state index is -0.427. The fourth-order valence-corrected chi connectivity index (χ4v) is 3.71. The van der Waals surface area contributed by atoms with Gasteiger partial charge >= 0.3 is 0 Å². The fraction of sp³-hybridized carbons (Fsp3) is 0.320. The molecule has 0 atom stereocenters. The topological polar surface area (TPSA) is 85.4 Å². The predicted molar refractivity (Wildman–Crippen MR) is 130 cm³/mol. The molecule has 0 unspecified atom stereocenters. The summed E-state index contributed by atoms with van der Waals surface area (Å²) >= 11 is 0. The minimum Gasteiger partial charge on any atom is -0.372 e. The summed E-state index contributed by atoms with van der Waals surface area (Å²) in [5.41, 5.74) is 2.71. The number of hydrogen-bond donors (Lipinski definition) is 3. The van der Waals surface area contributed by atoms with Crippen LogP contribution in [0.2, 0.25) is 0 Å². The number of anilines is 2. The van der Waals surface area contributed by atoms with Crippen molar-refractivity contribution < 1.29 is 9.18 Å². The van der Waals surface area contributed by atoms with Crippen LogP contribution in [0.25, 0.3) is 11.3 Å². The molecule has 1 saturated heterocycles. The number of amides is 1. The van der Waals surface area contributed by atoms with Crippen molar-refractivity contribution in [1.82, 2.24) is 15.5 Å². The maximum Gasteiger partial charge on any atom is 0.258 e. The number of H-pyrrole nitrogens is 1. The molecule has 1 aromatic heterocycles. The highest BCUT2D eigenvalue weighted by molar-refractivity contribution is 6.10. The van der Waals surface area contributed by atoms with Gasteiger partial charge in [-0.25, -0.2) is 9.38 Å². The van der Waals surface area contributed by atoms with E-state index >= 15 is 0 Å². The van der Waals surface area contributed by atoms with Crippen molar-refractivity contribution in [1.29, 1.82) is 0 Å². The van der Waals surface area contributed by atoms with Gasteiger partial charge in [-0.05, 0) is 81.6 Å². The molecule has 1 aliphatic heterocycles. The summed E-state index contributed by atoms with van der Waals surface area (Å²) in [6, 6.07) is 15.6. The van der Waals surface area contributed by atoms with Crippen LogP contribution < -0.4 is 15.5 Å². The Hall–Kier alpha value is -3.68. The molecular weight excluding hydrogens is 419 g/mol. The zero-order chi connectivity index (χ0) is 23.4. The van der Waals surface area contributed by atoms with Crippen molar-refractivity contribution in [2.75, 3.05) is 23.3 Å². The van der Waals surface area contributed by atoms with E-state index in [-0.39, 0.29) is 11.7 Å². The van der Waals surface area contributed by atoms with Crippen LogP contribution in [0.3, 0.4) is 0 Å². The monoisotopic (exact) mass is 448 g/mol. The third kappa shape index (κ3) is 5.97. The van der Waals surface area contributed by atoms with Gasteiger partial charge in [0.15, 0.2) is 5.82 Å². The Kier molecular flexibility index (Phi) is 6.44. The molecule has 0 spiro atoms. The first-order valence-corrected chi connectivity index (χ1v) is 11.1. The molecule has 172 valence electrons. The molecule has 2 heterocycles. The lowest BCUT2D eigenvalue weighted by Gasteiger charge is -2.19. The number of rotatable bonds is 4. The average molecular weight is 449 g/mol. The maximum absolute atomic E-state index is 13.2. The largest absolute Gasteiger partial charge is 0.372 e. The summed E-state index contributed by atoms with van der Waals surface area (Å²) in [4.78, 5) is 20.0. The second kappa shape index (κ2) is 9.44. The number of aliphatic imine (C=N–C) groups is 1. The summed E-state index contributed by atoms with van der Waals surface area (Å²) in [5.74, 6) is 0.244. The first-order valence-electron chi connectivity index (χ1n) is 11.1. The van der Waals surface area contributed by atoms with Crippen LogP contribution in [0.5, 0.6) is 0 Å². The SMILES string of the molecule is CC(C)(C)N=C(NC(=O)c1cccc(N2CCCC2)c1)Nc1cc(-c2ccc(F)cc2)[nH]n1. The maximum atomic E-state index is 13.2. The average Bonchev–Trinajstić information content (AvgIpc) is 3.46. The van der Waals surface area contributed by atoms with Gasteiger partial charge in [0.2, 0.25) is 5.96 Å². The Morgan fingerprint density at radius 1 is 1.09 bits per heavy atom. The van der Waals surface area contributed by atoms with Crippen LogP contribution in [0.15, 0.2) is 59.6 Å². The number of nitrogens with one attached hydrogen (secondary N) is 3. The standard InChI is InChI=1S/C25H29FN6O/c1-25(2,3)29-24(27-22-16-21(30-31-22)17-9-11-19(26)12-10-17)28-23(33)18-7-6-8-20(15-18)32-13-4-5-14-32/h6-12,15-16H,4-5,13-14H2,1-3H3,(H3,27,28,29,30,31,33). The van der Waals surface area contributed by atoms with E-state index in [0.717, 1.165) is 30.0 Å². The number of carbonyl (C=O) groups excluding carboxylic acids is 1. The highest BCUT2D eigenvalue weighted by Crippen LogP contribution is 2.22. The van der Waals surface area contributed by atoms with Gasteiger partial charge in [-0.3, -0.25) is 15.2 Å². The Balaban J connectivity index is 1.51. The molecule has 8 heteroatoms. The van der Waals surface area contributed by atoms with E-state index in [1.807, 2.05) is 39.0 Å². The molecule has 0 radical (unpaired) electrons. The predicted octanol–water partition coefficient (Wildman–Crippen LogP) is 4.81. The highest BCUT2D eigenvalue weighted by Gasteiger charge is 2.17. The smallest absolute Gasteiger partial charge is 0.258 e. The lowest BCUT2D eigenvalue weighted by Crippen LogP contribution is -2.38. The van der Waals surface area contributed by atoms with Crippen LogP contribution in [0, 0.1) is 5.82 Å². The van der Waals surface area contributed by atoms with Gasteiger partial charge in [-0.15, -0.1) is 0 Å². The summed E-state index contributed by atoms with van der Waals surface area (Å²) in [7, 11) is 0. The summed E-state index contributed by atoms with van der Waals surface area (Å²) in [6.45, 7) is 7.87. The number of aromatic nitrogens is 2. The van der Waals surface area contributed by atoms with Crippen LogP contribution in [0.4, 0.5) is 15.9 Å².